The fraction of sp³-hybridized carbons (Fsp3) is 0.556. The third kappa shape index (κ3) is 3.99. The topological polar surface area (TPSA) is 64.7 Å². The quantitative estimate of drug-likeness (QED) is 0.892. The number of benzene rings is 1. The second-order valence-electron chi connectivity index (χ2n) is 6.69. The molecular weight excluding hydrogens is 304 g/mol. The molecule has 4 amide bonds. The molecule has 0 atom stereocenters. The van der Waals surface area contributed by atoms with Crippen LogP contribution in [-0.4, -0.2) is 43.1 Å². The van der Waals surface area contributed by atoms with Crippen LogP contribution in [0.15, 0.2) is 24.3 Å². The number of urea groups is 2. The molecule has 0 unspecified atom stereocenters. The number of rotatable bonds is 3. The Kier molecular flexibility index (Phi) is 5.23. The van der Waals surface area contributed by atoms with E-state index < -0.39 is 0 Å². The molecule has 1 aromatic carbocycles. The van der Waals surface area contributed by atoms with Gasteiger partial charge >= 0.3 is 12.1 Å². The van der Waals surface area contributed by atoms with Gasteiger partial charge in [-0.05, 0) is 43.5 Å². The summed E-state index contributed by atoms with van der Waals surface area (Å²) in [5.74, 6) is 0. The molecule has 24 heavy (non-hydrogen) atoms. The van der Waals surface area contributed by atoms with Gasteiger partial charge in [-0.15, -0.1) is 0 Å². The van der Waals surface area contributed by atoms with Crippen LogP contribution >= 0.6 is 0 Å². The van der Waals surface area contributed by atoms with Gasteiger partial charge in [0.25, 0.3) is 0 Å². The predicted octanol–water partition coefficient (Wildman–Crippen LogP) is 3.40. The Labute approximate surface area is 143 Å². The van der Waals surface area contributed by atoms with Gasteiger partial charge in [0.2, 0.25) is 0 Å². The van der Waals surface area contributed by atoms with Crippen molar-refractivity contribution in [3.8, 4) is 0 Å². The van der Waals surface area contributed by atoms with Gasteiger partial charge in [-0.2, -0.15) is 0 Å². The maximum absolute atomic E-state index is 12.2. The highest BCUT2D eigenvalue weighted by Gasteiger charge is 2.23. The summed E-state index contributed by atoms with van der Waals surface area (Å²) in [5.41, 5.74) is 1.61. The number of hydrogen-bond acceptors (Lipinski definition) is 2. The van der Waals surface area contributed by atoms with Crippen LogP contribution in [0.1, 0.15) is 38.5 Å². The Bertz CT molecular complexity index is 581. The minimum atomic E-state index is -0.150. The molecule has 0 bridgehead atoms. The lowest BCUT2D eigenvalue weighted by molar-refractivity contribution is 0.207. The summed E-state index contributed by atoms with van der Waals surface area (Å²) >= 11 is 0. The van der Waals surface area contributed by atoms with Crippen molar-refractivity contribution >= 4 is 23.4 Å². The van der Waals surface area contributed by atoms with Crippen molar-refractivity contribution in [3.63, 3.8) is 0 Å². The molecule has 1 saturated heterocycles. The predicted molar refractivity (Wildman–Crippen MR) is 95.5 cm³/mol. The summed E-state index contributed by atoms with van der Waals surface area (Å²) in [4.78, 5) is 27.8. The first-order valence-electron chi connectivity index (χ1n) is 8.84. The number of amides is 4. The van der Waals surface area contributed by atoms with E-state index >= 15 is 0 Å². The van der Waals surface area contributed by atoms with Crippen LogP contribution in [0.4, 0.5) is 21.0 Å². The van der Waals surface area contributed by atoms with Gasteiger partial charge in [-0.1, -0.05) is 19.3 Å². The molecule has 1 aromatic rings. The zero-order valence-corrected chi connectivity index (χ0v) is 14.3. The van der Waals surface area contributed by atoms with E-state index in [1.165, 1.54) is 19.3 Å². The van der Waals surface area contributed by atoms with Gasteiger partial charge in [0.1, 0.15) is 0 Å². The Morgan fingerprint density at radius 3 is 2.46 bits per heavy atom. The van der Waals surface area contributed by atoms with Crippen LogP contribution < -0.4 is 15.5 Å². The number of carbonyl (C=O) groups is 2. The van der Waals surface area contributed by atoms with E-state index in [0.717, 1.165) is 43.7 Å². The SMILES string of the molecule is CN1CCCN(c2ccc(NC(=O)NC3CCCCC3)cc2)C1=O. The second-order valence-corrected chi connectivity index (χ2v) is 6.69. The Balaban J connectivity index is 1.56. The van der Waals surface area contributed by atoms with E-state index in [4.69, 9.17) is 0 Å². The van der Waals surface area contributed by atoms with E-state index in [0.29, 0.717) is 6.04 Å². The first kappa shape index (κ1) is 16.6. The summed E-state index contributed by atoms with van der Waals surface area (Å²) in [7, 11) is 1.82. The number of carbonyl (C=O) groups excluding carboxylic acids is 2. The van der Waals surface area contributed by atoms with E-state index in [2.05, 4.69) is 10.6 Å². The lowest BCUT2D eigenvalue weighted by atomic mass is 9.96. The van der Waals surface area contributed by atoms with Crippen LogP contribution in [0.2, 0.25) is 0 Å². The highest BCUT2D eigenvalue weighted by molar-refractivity contribution is 5.93. The van der Waals surface area contributed by atoms with Crippen molar-refractivity contribution in [2.24, 2.45) is 0 Å². The summed E-state index contributed by atoms with van der Waals surface area (Å²) in [6.45, 7) is 1.54. The fourth-order valence-electron chi connectivity index (χ4n) is 3.43. The van der Waals surface area contributed by atoms with Crippen molar-refractivity contribution in [3.05, 3.63) is 24.3 Å². The van der Waals surface area contributed by atoms with Gasteiger partial charge < -0.3 is 15.5 Å². The van der Waals surface area contributed by atoms with Gasteiger partial charge in [0.05, 0.1) is 0 Å². The van der Waals surface area contributed by atoms with Crippen LogP contribution in [0, 0.1) is 0 Å². The molecule has 3 rings (SSSR count). The van der Waals surface area contributed by atoms with Crippen molar-refractivity contribution in [1.29, 1.82) is 0 Å². The Morgan fingerprint density at radius 2 is 1.75 bits per heavy atom. The zero-order chi connectivity index (χ0) is 16.9. The Hall–Kier alpha value is -2.24. The van der Waals surface area contributed by atoms with Gasteiger partial charge in [-0.3, -0.25) is 4.90 Å². The number of anilines is 2. The Morgan fingerprint density at radius 1 is 1.04 bits per heavy atom. The van der Waals surface area contributed by atoms with Gasteiger partial charge in [-0.25, -0.2) is 9.59 Å². The first-order valence-corrected chi connectivity index (χ1v) is 8.84. The highest BCUT2D eigenvalue weighted by Crippen LogP contribution is 2.22. The van der Waals surface area contributed by atoms with E-state index in [1.807, 2.05) is 31.3 Å². The molecule has 2 aliphatic rings. The molecule has 1 heterocycles. The molecule has 1 aliphatic heterocycles. The molecular formula is C18H26N4O2. The summed E-state index contributed by atoms with van der Waals surface area (Å²) in [5, 5.41) is 5.91. The third-order valence-corrected chi connectivity index (χ3v) is 4.81. The largest absolute Gasteiger partial charge is 0.335 e. The standard InChI is InChI=1S/C18H26N4O2/c1-21-12-5-13-22(18(21)24)16-10-8-15(9-11-16)20-17(23)19-14-6-3-2-4-7-14/h8-11,14H,2-7,12-13H2,1H3,(H2,19,20,23). The monoisotopic (exact) mass is 330 g/mol. The minimum absolute atomic E-state index is 0.0250. The maximum Gasteiger partial charge on any atom is 0.324 e. The number of nitrogens with one attached hydrogen (secondary N) is 2. The minimum Gasteiger partial charge on any atom is -0.335 e. The molecule has 0 radical (unpaired) electrons. The second kappa shape index (κ2) is 7.55. The average molecular weight is 330 g/mol. The van der Waals surface area contributed by atoms with Crippen molar-refractivity contribution < 1.29 is 9.59 Å². The van der Waals surface area contributed by atoms with Crippen LogP contribution in [0.5, 0.6) is 0 Å². The zero-order valence-electron chi connectivity index (χ0n) is 14.3. The van der Waals surface area contributed by atoms with Gasteiger partial charge in [0, 0.05) is 37.6 Å². The van der Waals surface area contributed by atoms with Crippen molar-refractivity contribution in [2.75, 3.05) is 30.4 Å². The van der Waals surface area contributed by atoms with E-state index in [1.54, 1.807) is 9.80 Å². The smallest absolute Gasteiger partial charge is 0.324 e. The van der Waals surface area contributed by atoms with Gasteiger partial charge in [0.15, 0.2) is 0 Å². The summed E-state index contributed by atoms with van der Waals surface area (Å²) < 4.78 is 0. The molecule has 0 aromatic heterocycles. The van der Waals surface area contributed by atoms with Crippen molar-refractivity contribution in [2.45, 2.75) is 44.6 Å². The van der Waals surface area contributed by atoms with E-state index in [9.17, 15) is 9.59 Å². The molecule has 130 valence electrons. The molecule has 2 fully saturated rings. The highest BCUT2D eigenvalue weighted by atomic mass is 16.2. The lowest BCUT2D eigenvalue weighted by Crippen LogP contribution is -2.47. The normalized spacial score (nSPS) is 19.3. The molecule has 0 spiro atoms. The number of nitrogens with zero attached hydrogens (tertiary/aromatic N) is 2. The fourth-order valence-corrected chi connectivity index (χ4v) is 3.43. The molecule has 6 heteroatoms. The number of hydrogen-bond donors (Lipinski definition) is 2. The lowest BCUT2D eigenvalue weighted by Gasteiger charge is -2.33. The first-order chi connectivity index (χ1) is 11.6. The summed E-state index contributed by atoms with van der Waals surface area (Å²) in [6.07, 6.45) is 6.75. The van der Waals surface area contributed by atoms with Crippen LogP contribution in [0.3, 0.4) is 0 Å². The third-order valence-electron chi connectivity index (χ3n) is 4.81. The van der Waals surface area contributed by atoms with E-state index in [-0.39, 0.29) is 12.1 Å². The summed E-state index contributed by atoms with van der Waals surface area (Å²) in [6, 6.07) is 7.62. The molecule has 1 saturated carbocycles. The maximum atomic E-state index is 12.2. The average Bonchev–Trinajstić information content (AvgIpc) is 2.59. The molecule has 6 nitrogen and oxygen atoms in total. The van der Waals surface area contributed by atoms with Crippen LogP contribution in [0.25, 0.3) is 0 Å². The molecule has 1 aliphatic carbocycles. The molecule has 2 N–H and O–H groups in total. The van der Waals surface area contributed by atoms with Crippen molar-refractivity contribution in [1.82, 2.24) is 10.2 Å². The van der Waals surface area contributed by atoms with Crippen LogP contribution in [-0.2, 0) is 0 Å².